The van der Waals surface area contributed by atoms with Crippen molar-refractivity contribution in [1.29, 1.82) is 0 Å². The smallest absolute Gasteiger partial charge is 0.220 e. The average molecular weight is 306 g/mol. The largest absolute Gasteiger partial charge is 0.369 e. The molecule has 21 heavy (non-hydrogen) atoms. The topological polar surface area (TPSA) is 89.9 Å². The lowest BCUT2D eigenvalue weighted by Gasteiger charge is -2.29. The zero-order valence-electron chi connectivity index (χ0n) is 11.7. The van der Waals surface area contributed by atoms with Crippen LogP contribution in [0.4, 0.5) is 0 Å². The molecule has 2 N–H and O–H groups in total. The number of thiophene rings is 1. The van der Waals surface area contributed by atoms with Crippen LogP contribution >= 0.6 is 11.3 Å². The van der Waals surface area contributed by atoms with E-state index in [0.29, 0.717) is 13.1 Å². The second kappa shape index (κ2) is 6.31. The van der Waals surface area contributed by atoms with Crippen molar-refractivity contribution in [2.45, 2.75) is 25.9 Å². The highest BCUT2D eigenvalue weighted by molar-refractivity contribution is 7.09. The Hall–Kier alpha value is -1.80. The van der Waals surface area contributed by atoms with Gasteiger partial charge in [-0.05, 0) is 47.8 Å². The number of carbonyl (C=O) groups excluding carboxylic acids is 1. The number of hydrogen-bond donors (Lipinski definition) is 1. The van der Waals surface area contributed by atoms with Gasteiger partial charge in [0.1, 0.15) is 0 Å². The van der Waals surface area contributed by atoms with Crippen LogP contribution in [0.2, 0.25) is 0 Å². The van der Waals surface area contributed by atoms with Crippen LogP contribution in [0.25, 0.3) is 0 Å². The van der Waals surface area contributed by atoms with E-state index in [4.69, 9.17) is 5.73 Å². The molecule has 1 aliphatic rings. The number of nitrogens with zero attached hydrogens (tertiary/aromatic N) is 5. The van der Waals surface area contributed by atoms with Crippen molar-refractivity contribution in [2.24, 2.45) is 11.7 Å². The molecule has 1 fully saturated rings. The SMILES string of the molecule is NC(=O)C1CCN(Cc2nnnn2Cc2cccs2)CC1. The summed E-state index contributed by atoms with van der Waals surface area (Å²) in [5.74, 6) is 0.696. The molecular weight excluding hydrogens is 288 g/mol. The maximum absolute atomic E-state index is 11.2. The molecule has 1 aliphatic heterocycles. The van der Waals surface area contributed by atoms with E-state index in [0.717, 1.165) is 31.8 Å². The number of amides is 1. The molecule has 2 aromatic rings. The molecule has 0 radical (unpaired) electrons. The molecule has 8 heteroatoms. The minimum Gasteiger partial charge on any atom is -0.369 e. The third-order valence-electron chi connectivity index (χ3n) is 3.85. The van der Waals surface area contributed by atoms with Crippen LogP contribution < -0.4 is 5.73 Å². The lowest BCUT2D eigenvalue weighted by atomic mass is 9.96. The molecule has 0 saturated carbocycles. The van der Waals surface area contributed by atoms with E-state index in [1.54, 1.807) is 11.3 Å². The number of nitrogens with two attached hydrogens (primary N) is 1. The molecule has 3 heterocycles. The van der Waals surface area contributed by atoms with Crippen molar-refractivity contribution in [3.63, 3.8) is 0 Å². The zero-order valence-corrected chi connectivity index (χ0v) is 12.5. The lowest BCUT2D eigenvalue weighted by Crippen LogP contribution is -2.38. The Labute approximate surface area is 126 Å². The van der Waals surface area contributed by atoms with Crippen molar-refractivity contribution >= 4 is 17.2 Å². The summed E-state index contributed by atoms with van der Waals surface area (Å²) in [7, 11) is 0. The highest BCUT2D eigenvalue weighted by Crippen LogP contribution is 2.18. The standard InChI is InChI=1S/C13H18N6OS/c14-13(20)10-3-5-18(6-4-10)9-12-15-16-17-19(12)8-11-2-1-7-21-11/h1-2,7,10H,3-6,8-9H2,(H2,14,20). The van der Waals surface area contributed by atoms with Gasteiger partial charge in [-0.25, -0.2) is 4.68 Å². The van der Waals surface area contributed by atoms with Crippen LogP contribution in [0, 0.1) is 5.92 Å². The fraction of sp³-hybridized carbons (Fsp3) is 0.538. The second-order valence-corrected chi connectivity index (χ2v) is 6.32. The first kappa shape index (κ1) is 14.2. The highest BCUT2D eigenvalue weighted by Gasteiger charge is 2.24. The Kier molecular flexibility index (Phi) is 4.26. The summed E-state index contributed by atoms with van der Waals surface area (Å²) in [6.45, 7) is 3.14. The van der Waals surface area contributed by atoms with Gasteiger partial charge in [0, 0.05) is 10.8 Å². The van der Waals surface area contributed by atoms with E-state index in [9.17, 15) is 4.79 Å². The maximum Gasteiger partial charge on any atom is 0.220 e. The maximum atomic E-state index is 11.2. The summed E-state index contributed by atoms with van der Waals surface area (Å²) in [5, 5.41) is 14.0. The number of tetrazole rings is 1. The minimum absolute atomic E-state index is 0.0170. The molecule has 1 saturated heterocycles. The lowest BCUT2D eigenvalue weighted by molar-refractivity contribution is -0.123. The van der Waals surface area contributed by atoms with Crippen molar-refractivity contribution in [3.05, 3.63) is 28.2 Å². The molecule has 0 bridgehead atoms. The van der Waals surface area contributed by atoms with Gasteiger partial charge in [0.05, 0.1) is 13.1 Å². The monoisotopic (exact) mass is 306 g/mol. The summed E-state index contributed by atoms with van der Waals surface area (Å²) in [6.07, 6.45) is 1.64. The molecule has 0 unspecified atom stereocenters. The van der Waals surface area contributed by atoms with Gasteiger partial charge >= 0.3 is 0 Å². The molecular formula is C13H18N6OS. The molecule has 3 rings (SSSR count). The van der Waals surface area contributed by atoms with Crippen molar-refractivity contribution < 1.29 is 4.79 Å². The Morgan fingerprint density at radius 2 is 2.19 bits per heavy atom. The van der Waals surface area contributed by atoms with Gasteiger partial charge in [0.25, 0.3) is 0 Å². The molecule has 1 amide bonds. The molecule has 0 aliphatic carbocycles. The van der Waals surface area contributed by atoms with Gasteiger partial charge in [-0.1, -0.05) is 6.07 Å². The van der Waals surface area contributed by atoms with Gasteiger partial charge in [0.15, 0.2) is 5.82 Å². The fourth-order valence-electron chi connectivity index (χ4n) is 2.59. The fourth-order valence-corrected chi connectivity index (χ4v) is 3.27. The van der Waals surface area contributed by atoms with Crippen LogP contribution in [0.5, 0.6) is 0 Å². The van der Waals surface area contributed by atoms with Gasteiger partial charge in [-0.3, -0.25) is 9.69 Å². The van der Waals surface area contributed by atoms with Crippen LogP contribution in [0.15, 0.2) is 17.5 Å². The molecule has 0 spiro atoms. The van der Waals surface area contributed by atoms with Crippen molar-refractivity contribution in [3.8, 4) is 0 Å². The summed E-state index contributed by atoms with van der Waals surface area (Å²) in [4.78, 5) is 14.7. The Morgan fingerprint density at radius 1 is 1.38 bits per heavy atom. The summed E-state index contributed by atoms with van der Waals surface area (Å²) in [5.41, 5.74) is 5.36. The first-order valence-electron chi connectivity index (χ1n) is 7.01. The molecule has 112 valence electrons. The molecule has 0 aromatic carbocycles. The van der Waals surface area contributed by atoms with Gasteiger partial charge in [-0.2, -0.15) is 0 Å². The first-order valence-corrected chi connectivity index (χ1v) is 7.89. The molecule has 7 nitrogen and oxygen atoms in total. The third kappa shape index (κ3) is 3.45. The minimum atomic E-state index is -0.183. The zero-order chi connectivity index (χ0) is 14.7. The average Bonchev–Trinajstić information content (AvgIpc) is 3.13. The van der Waals surface area contributed by atoms with Crippen LogP contribution in [0.1, 0.15) is 23.5 Å². The quantitative estimate of drug-likeness (QED) is 0.868. The van der Waals surface area contributed by atoms with E-state index >= 15 is 0 Å². The van der Waals surface area contributed by atoms with Gasteiger partial charge < -0.3 is 5.73 Å². The number of piperidine rings is 1. The van der Waals surface area contributed by atoms with E-state index < -0.39 is 0 Å². The number of aromatic nitrogens is 4. The Bertz CT molecular complexity index is 588. The number of hydrogen-bond acceptors (Lipinski definition) is 6. The van der Waals surface area contributed by atoms with Crippen molar-refractivity contribution in [2.75, 3.05) is 13.1 Å². The summed E-state index contributed by atoms with van der Waals surface area (Å²) >= 11 is 1.70. The van der Waals surface area contributed by atoms with E-state index in [2.05, 4.69) is 26.5 Å². The number of rotatable bonds is 5. The Balaban J connectivity index is 1.59. The summed E-state index contributed by atoms with van der Waals surface area (Å²) < 4.78 is 1.84. The normalized spacial score (nSPS) is 17.1. The van der Waals surface area contributed by atoms with Gasteiger partial charge in [-0.15, -0.1) is 16.4 Å². The predicted octanol–water partition coefficient (Wildman–Crippen LogP) is 0.480. The second-order valence-electron chi connectivity index (χ2n) is 5.28. The predicted molar refractivity (Wildman–Crippen MR) is 78.4 cm³/mol. The van der Waals surface area contributed by atoms with E-state index in [1.807, 2.05) is 16.1 Å². The summed E-state index contributed by atoms with van der Waals surface area (Å²) in [6, 6.07) is 4.10. The highest BCUT2D eigenvalue weighted by atomic mass is 32.1. The van der Waals surface area contributed by atoms with E-state index in [-0.39, 0.29) is 11.8 Å². The number of primary amides is 1. The third-order valence-corrected chi connectivity index (χ3v) is 4.71. The number of carbonyl (C=O) groups is 1. The number of likely N-dealkylation sites (tertiary alicyclic amines) is 1. The van der Waals surface area contributed by atoms with Crippen molar-refractivity contribution in [1.82, 2.24) is 25.1 Å². The Morgan fingerprint density at radius 3 is 2.86 bits per heavy atom. The van der Waals surface area contributed by atoms with Crippen LogP contribution in [-0.4, -0.2) is 44.1 Å². The molecule has 0 atom stereocenters. The molecule has 2 aromatic heterocycles. The first-order chi connectivity index (χ1) is 10.2. The van der Waals surface area contributed by atoms with E-state index in [1.165, 1.54) is 4.88 Å². The van der Waals surface area contributed by atoms with Crippen LogP contribution in [-0.2, 0) is 17.9 Å². The van der Waals surface area contributed by atoms with Gasteiger partial charge in [0.2, 0.25) is 5.91 Å². The van der Waals surface area contributed by atoms with Crippen LogP contribution in [0.3, 0.4) is 0 Å².